The fourth-order valence-corrected chi connectivity index (χ4v) is 2.26. The lowest BCUT2D eigenvalue weighted by molar-refractivity contribution is 0.373. The maximum atomic E-state index is 12.2. The zero-order valence-corrected chi connectivity index (χ0v) is 11.9. The fraction of sp³-hybridized carbons (Fsp3) is 0.0625. The van der Waals surface area contributed by atoms with Crippen LogP contribution in [-0.2, 0) is 0 Å². The van der Waals surface area contributed by atoms with Gasteiger partial charge in [-0.25, -0.2) is 0 Å². The molecule has 1 heterocycles. The fourth-order valence-electron chi connectivity index (χ4n) is 2.26. The summed E-state index contributed by atoms with van der Waals surface area (Å²) < 4.78 is 10.4. The second kappa shape index (κ2) is 5.13. The third-order valence-electron chi connectivity index (χ3n) is 3.40. The van der Waals surface area contributed by atoms with Gasteiger partial charge in [0, 0.05) is 17.7 Å². The summed E-state index contributed by atoms with van der Waals surface area (Å²) in [6, 6.07) is 6.28. The van der Waals surface area contributed by atoms with Gasteiger partial charge in [0.1, 0.15) is 16.9 Å². The first kappa shape index (κ1) is 14.6. The molecule has 0 aliphatic rings. The number of benzene rings is 2. The van der Waals surface area contributed by atoms with Gasteiger partial charge in [-0.05, 0) is 18.2 Å². The summed E-state index contributed by atoms with van der Waals surface area (Å²) in [5.74, 6) is -1.60. The number of phenols is 4. The number of fused-ring (bicyclic) bond motifs is 1. The van der Waals surface area contributed by atoms with E-state index in [0.29, 0.717) is 5.56 Å². The van der Waals surface area contributed by atoms with Gasteiger partial charge in [-0.15, -0.1) is 0 Å². The zero-order valence-electron chi connectivity index (χ0n) is 11.9. The van der Waals surface area contributed by atoms with Crippen molar-refractivity contribution >= 4 is 11.0 Å². The largest absolute Gasteiger partial charge is 0.507 e. The van der Waals surface area contributed by atoms with Crippen LogP contribution in [0.4, 0.5) is 0 Å². The van der Waals surface area contributed by atoms with E-state index in [1.54, 1.807) is 0 Å². The van der Waals surface area contributed by atoms with E-state index in [9.17, 15) is 25.2 Å². The lowest BCUT2D eigenvalue weighted by atomic mass is 10.1. The van der Waals surface area contributed by atoms with Crippen LogP contribution in [0.2, 0.25) is 0 Å². The molecule has 0 saturated carbocycles. The van der Waals surface area contributed by atoms with Crippen molar-refractivity contribution in [3.63, 3.8) is 0 Å². The highest BCUT2D eigenvalue weighted by Crippen LogP contribution is 2.40. The maximum Gasteiger partial charge on any atom is 0.202 e. The summed E-state index contributed by atoms with van der Waals surface area (Å²) >= 11 is 0. The average Bonchev–Trinajstić information content (AvgIpc) is 2.52. The molecular weight excluding hydrogens is 304 g/mol. The third-order valence-corrected chi connectivity index (χ3v) is 3.40. The van der Waals surface area contributed by atoms with Gasteiger partial charge in [0.25, 0.3) is 0 Å². The summed E-state index contributed by atoms with van der Waals surface area (Å²) in [7, 11) is 1.37. The van der Waals surface area contributed by atoms with Crippen LogP contribution in [-0.4, -0.2) is 27.5 Å². The monoisotopic (exact) mass is 316 g/mol. The third kappa shape index (κ3) is 2.28. The van der Waals surface area contributed by atoms with Crippen LogP contribution in [0.15, 0.2) is 39.5 Å². The summed E-state index contributed by atoms with van der Waals surface area (Å²) in [4.78, 5) is 12.2. The Morgan fingerprint density at radius 1 is 0.957 bits per heavy atom. The predicted molar refractivity (Wildman–Crippen MR) is 81.1 cm³/mol. The number of phenolic OH excluding ortho intramolecular Hbond substituents is 4. The molecule has 0 aliphatic heterocycles. The molecule has 0 radical (unpaired) electrons. The predicted octanol–water partition coefficient (Wildman–Crippen LogP) is 2.29. The van der Waals surface area contributed by atoms with Gasteiger partial charge in [0.2, 0.25) is 5.75 Å². The lowest BCUT2D eigenvalue weighted by Gasteiger charge is -2.09. The van der Waals surface area contributed by atoms with Crippen molar-refractivity contribution in [3.8, 4) is 40.1 Å². The van der Waals surface area contributed by atoms with Gasteiger partial charge in [-0.2, -0.15) is 0 Å². The van der Waals surface area contributed by atoms with Crippen molar-refractivity contribution in [3.05, 3.63) is 40.6 Å². The Bertz CT molecular complexity index is 972. The van der Waals surface area contributed by atoms with E-state index in [2.05, 4.69) is 0 Å². The number of aromatic hydroxyl groups is 4. The molecule has 2 aromatic carbocycles. The molecule has 118 valence electrons. The molecule has 0 aliphatic carbocycles. The highest BCUT2D eigenvalue weighted by Gasteiger charge is 2.18. The number of rotatable bonds is 2. The van der Waals surface area contributed by atoms with E-state index < -0.39 is 22.7 Å². The SMILES string of the molecule is COc1cc(-c2cc(=O)c3c(O)cc(O)c(O)c3o2)ccc1O. The van der Waals surface area contributed by atoms with E-state index in [1.165, 1.54) is 25.3 Å². The molecule has 1 aromatic heterocycles. The molecule has 0 atom stereocenters. The number of methoxy groups -OCH3 is 1. The average molecular weight is 316 g/mol. The van der Waals surface area contributed by atoms with Crippen LogP contribution in [0.5, 0.6) is 28.7 Å². The van der Waals surface area contributed by atoms with Crippen LogP contribution in [0.25, 0.3) is 22.3 Å². The minimum Gasteiger partial charge on any atom is -0.507 e. The van der Waals surface area contributed by atoms with E-state index >= 15 is 0 Å². The number of hydrogen-bond acceptors (Lipinski definition) is 7. The van der Waals surface area contributed by atoms with Crippen LogP contribution >= 0.6 is 0 Å². The van der Waals surface area contributed by atoms with Crippen molar-refractivity contribution in [1.82, 2.24) is 0 Å². The lowest BCUT2D eigenvalue weighted by Crippen LogP contribution is -2.01. The van der Waals surface area contributed by atoms with Gasteiger partial charge >= 0.3 is 0 Å². The van der Waals surface area contributed by atoms with Crippen LogP contribution in [0.3, 0.4) is 0 Å². The first-order valence-corrected chi connectivity index (χ1v) is 6.51. The molecule has 0 saturated heterocycles. The van der Waals surface area contributed by atoms with Crippen molar-refractivity contribution in [1.29, 1.82) is 0 Å². The molecular formula is C16H12O7. The maximum absolute atomic E-state index is 12.2. The molecule has 3 rings (SSSR count). The summed E-state index contributed by atoms with van der Waals surface area (Å²) in [6.07, 6.45) is 0. The molecule has 0 fully saturated rings. The van der Waals surface area contributed by atoms with E-state index in [4.69, 9.17) is 9.15 Å². The molecule has 7 nitrogen and oxygen atoms in total. The van der Waals surface area contributed by atoms with Crippen molar-refractivity contribution in [2.24, 2.45) is 0 Å². The molecule has 3 aromatic rings. The van der Waals surface area contributed by atoms with Gasteiger partial charge in [0.15, 0.2) is 28.3 Å². The minimum atomic E-state index is -0.650. The normalized spacial score (nSPS) is 10.8. The highest BCUT2D eigenvalue weighted by atomic mass is 16.5. The van der Waals surface area contributed by atoms with Crippen molar-refractivity contribution < 1.29 is 29.6 Å². The summed E-state index contributed by atoms with van der Waals surface area (Å²) in [5.41, 5.74) is -0.529. The smallest absolute Gasteiger partial charge is 0.202 e. The Kier molecular flexibility index (Phi) is 3.25. The van der Waals surface area contributed by atoms with Gasteiger partial charge < -0.3 is 29.6 Å². The van der Waals surface area contributed by atoms with Crippen LogP contribution in [0.1, 0.15) is 0 Å². The first-order valence-electron chi connectivity index (χ1n) is 6.51. The number of hydrogen-bond donors (Lipinski definition) is 4. The molecule has 23 heavy (non-hydrogen) atoms. The Labute approximate surface area is 129 Å². The molecule has 0 spiro atoms. The molecule has 7 heteroatoms. The Morgan fingerprint density at radius 3 is 2.39 bits per heavy atom. The topological polar surface area (TPSA) is 120 Å². The standard InChI is InChI=1S/C16H12O7/c1-22-13-4-7(2-3-8(13)17)12-6-10(19)14-9(18)5-11(20)15(21)16(14)23-12/h2-6,17-18,20-21H,1H3. The minimum absolute atomic E-state index is 0.0705. The second-order valence-electron chi connectivity index (χ2n) is 4.83. The summed E-state index contributed by atoms with van der Waals surface area (Å²) in [6.45, 7) is 0. The molecule has 0 bridgehead atoms. The van der Waals surface area contributed by atoms with Crippen molar-refractivity contribution in [2.45, 2.75) is 0 Å². The Balaban J connectivity index is 2.32. The Morgan fingerprint density at radius 2 is 1.70 bits per heavy atom. The van der Waals surface area contributed by atoms with E-state index in [0.717, 1.165) is 12.1 Å². The van der Waals surface area contributed by atoms with Gasteiger partial charge in [-0.3, -0.25) is 4.79 Å². The molecule has 0 unspecified atom stereocenters. The Hall–Kier alpha value is -3.35. The van der Waals surface area contributed by atoms with Crippen LogP contribution in [0, 0.1) is 0 Å². The second-order valence-corrected chi connectivity index (χ2v) is 4.83. The van der Waals surface area contributed by atoms with Gasteiger partial charge in [0.05, 0.1) is 7.11 Å². The molecule has 4 N–H and O–H groups in total. The van der Waals surface area contributed by atoms with E-state index in [1.807, 2.05) is 0 Å². The highest BCUT2D eigenvalue weighted by molar-refractivity contribution is 5.91. The van der Waals surface area contributed by atoms with E-state index in [-0.39, 0.29) is 28.2 Å². The molecule has 0 amide bonds. The quantitative estimate of drug-likeness (QED) is 0.423. The first-order chi connectivity index (χ1) is 10.9. The van der Waals surface area contributed by atoms with Crippen LogP contribution < -0.4 is 10.2 Å². The van der Waals surface area contributed by atoms with Gasteiger partial charge in [-0.1, -0.05) is 0 Å². The van der Waals surface area contributed by atoms with Crippen molar-refractivity contribution in [2.75, 3.05) is 7.11 Å². The zero-order chi connectivity index (χ0) is 16.7. The summed E-state index contributed by atoms with van der Waals surface area (Å²) in [5, 5.41) is 38.5. The number of ether oxygens (including phenoxy) is 1.